The molecule has 4 nitrogen and oxygen atoms in total. The summed E-state index contributed by atoms with van der Waals surface area (Å²) in [6, 6.07) is 17.8. The number of rotatable bonds is 4. The smallest absolute Gasteiger partial charge is 0.251 e. The first kappa shape index (κ1) is 18.5. The van der Waals surface area contributed by atoms with Crippen LogP contribution < -0.4 is 15.4 Å². The largest absolute Gasteiger partial charge is 0.497 e. The molecule has 3 aromatic carbocycles. The zero-order chi connectivity index (χ0) is 19.7. The number of fused-ring (bicyclic) bond motifs is 3. The maximum atomic E-state index is 13.0. The standard InChI is InChI=1S/C23H21ClN2O2/c1-28-17-9-6-15(7-10-17)8-11-22(27)26-14-16(13-24)23-19-5-3-2-4-18(19)20(25)12-21(23)26/h2-12,16H,13-14,25H2,1H3/p+1. The lowest BCUT2D eigenvalue weighted by atomic mass is 9.95. The molecule has 142 valence electrons. The summed E-state index contributed by atoms with van der Waals surface area (Å²) in [5.74, 6) is 1.32. The summed E-state index contributed by atoms with van der Waals surface area (Å²) in [5.41, 5.74) is 8.10. The number of hydrogen-bond acceptors (Lipinski definition) is 2. The van der Waals surface area contributed by atoms with E-state index in [1.807, 2.05) is 53.4 Å². The second-order valence-electron chi connectivity index (χ2n) is 6.92. The molecule has 4 rings (SSSR count). The van der Waals surface area contributed by atoms with Crippen molar-refractivity contribution in [2.75, 3.05) is 24.4 Å². The number of nitrogens with zero attached hydrogens (tertiary/aromatic N) is 1. The topological polar surface area (TPSA) is 57.2 Å². The molecular formula is C23H22ClN2O2+. The molecule has 0 aromatic heterocycles. The van der Waals surface area contributed by atoms with Crippen LogP contribution in [0, 0.1) is 0 Å². The summed E-state index contributed by atoms with van der Waals surface area (Å²) in [6.45, 7) is 0.581. The molecule has 5 heteroatoms. The van der Waals surface area contributed by atoms with E-state index in [1.165, 1.54) is 0 Å². The molecule has 0 bridgehead atoms. The van der Waals surface area contributed by atoms with E-state index >= 15 is 0 Å². The van der Waals surface area contributed by atoms with Gasteiger partial charge in [0.15, 0.2) is 0 Å². The lowest BCUT2D eigenvalue weighted by molar-refractivity contribution is -0.252. The maximum Gasteiger partial charge on any atom is 0.251 e. The van der Waals surface area contributed by atoms with Crippen molar-refractivity contribution in [3.63, 3.8) is 0 Å². The second-order valence-corrected chi connectivity index (χ2v) is 7.23. The van der Waals surface area contributed by atoms with Crippen molar-refractivity contribution in [2.45, 2.75) is 5.92 Å². The van der Waals surface area contributed by atoms with Crippen molar-refractivity contribution in [1.29, 1.82) is 0 Å². The van der Waals surface area contributed by atoms with Crippen LogP contribution in [0.15, 0.2) is 60.7 Å². The Morgan fingerprint density at radius 3 is 2.61 bits per heavy atom. The first-order valence-corrected chi connectivity index (χ1v) is 9.73. The van der Waals surface area contributed by atoms with Crippen molar-refractivity contribution >= 4 is 45.7 Å². The molecule has 1 amide bonds. The third-order valence-corrected chi connectivity index (χ3v) is 5.61. The molecule has 0 radical (unpaired) electrons. The van der Waals surface area contributed by atoms with Crippen LogP contribution in [0.25, 0.3) is 16.8 Å². The molecule has 0 saturated heterocycles. The number of quaternary nitrogens is 1. The van der Waals surface area contributed by atoms with E-state index in [-0.39, 0.29) is 11.8 Å². The molecule has 1 aliphatic heterocycles. The molecule has 1 unspecified atom stereocenters. The van der Waals surface area contributed by atoms with Crippen molar-refractivity contribution in [3.8, 4) is 5.75 Å². The Hall–Kier alpha value is -2.82. The van der Waals surface area contributed by atoms with Crippen LogP contribution in [0.1, 0.15) is 17.0 Å². The lowest BCUT2D eigenvalue weighted by Gasteiger charge is -2.16. The van der Waals surface area contributed by atoms with Crippen molar-refractivity contribution in [1.82, 2.24) is 0 Å². The van der Waals surface area contributed by atoms with Crippen LogP contribution >= 0.6 is 11.6 Å². The molecule has 3 N–H and O–H groups in total. The average Bonchev–Trinajstić information content (AvgIpc) is 3.11. The van der Waals surface area contributed by atoms with Crippen molar-refractivity contribution in [2.24, 2.45) is 0 Å². The summed E-state index contributed by atoms with van der Waals surface area (Å²) in [5, 5.41) is 2.24. The van der Waals surface area contributed by atoms with Crippen LogP contribution in [0.4, 0.5) is 11.4 Å². The molecule has 1 heterocycles. The van der Waals surface area contributed by atoms with Gasteiger partial charge in [-0.1, -0.05) is 30.3 Å². The molecule has 0 fully saturated rings. The SMILES string of the molecule is COc1ccc(C=CC(=O)N2CC(CCl)c3c2cc([NH3+])c2ccccc32)cc1. The molecule has 1 aliphatic rings. The zero-order valence-corrected chi connectivity index (χ0v) is 16.4. The first-order chi connectivity index (χ1) is 13.6. The van der Waals surface area contributed by atoms with E-state index in [0.717, 1.165) is 39.0 Å². The first-order valence-electron chi connectivity index (χ1n) is 9.19. The van der Waals surface area contributed by atoms with E-state index in [9.17, 15) is 4.79 Å². The summed E-state index contributed by atoms with van der Waals surface area (Å²) in [4.78, 5) is 14.8. The molecule has 0 spiro atoms. The Balaban J connectivity index is 1.68. The van der Waals surface area contributed by atoms with Crippen LogP contribution in [0.2, 0.25) is 0 Å². The van der Waals surface area contributed by atoms with Gasteiger partial charge in [0.1, 0.15) is 11.4 Å². The van der Waals surface area contributed by atoms with Gasteiger partial charge >= 0.3 is 0 Å². The quantitative estimate of drug-likeness (QED) is 0.535. The number of ether oxygens (including phenoxy) is 1. The van der Waals surface area contributed by atoms with E-state index in [1.54, 1.807) is 13.2 Å². The summed E-state index contributed by atoms with van der Waals surface area (Å²) >= 11 is 6.26. The monoisotopic (exact) mass is 393 g/mol. The number of benzene rings is 3. The van der Waals surface area contributed by atoms with Crippen LogP contribution in [-0.2, 0) is 4.79 Å². The predicted octanol–water partition coefficient (Wildman–Crippen LogP) is 4.10. The average molecular weight is 394 g/mol. The number of halogens is 1. The summed E-state index contributed by atoms with van der Waals surface area (Å²) in [7, 11) is 1.63. The number of carbonyl (C=O) groups is 1. The highest BCUT2D eigenvalue weighted by Gasteiger charge is 2.33. The minimum Gasteiger partial charge on any atom is -0.497 e. The molecule has 1 atom stereocenters. The third kappa shape index (κ3) is 3.26. The molecule has 28 heavy (non-hydrogen) atoms. The number of amides is 1. The minimum absolute atomic E-state index is 0.0561. The Morgan fingerprint density at radius 2 is 1.93 bits per heavy atom. The summed E-state index contributed by atoms with van der Waals surface area (Å²) < 4.78 is 5.17. The van der Waals surface area contributed by atoms with Crippen molar-refractivity contribution < 1.29 is 15.3 Å². The van der Waals surface area contributed by atoms with Gasteiger partial charge in [-0.25, -0.2) is 0 Å². The number of hydrogen-bond donors (Lipinski definition) is 1. The molecular weight excluding hydrogens is 372 g/mol. The van der Waals surface area contributed by atoms with Crippen LogP contribution in [-0.4, -0.2) is 25.4 Å². The van der Waals surface area contributed by atoms with E-state index in [2.05, 4.69) is 17.9 Å². The third-order valence-electron chi connectivity index (χ3n) is 5.24. The van der Waals surface area contributed by atoms with Gasteiger partial charge in [-0.05, 0) is 40.8 Å². The number of methoxy groups -OCH3 is 1. The highest BCUT2D eigenvalue weighted by Crippen LogP contribution is 2.43. The van der Waals surface area contributed by atoms with Gasteiger partial charge < -0.3 is 15.4 Å². The van der Waals surface area contributed by atoms with E-state index < -0.39 is 0 Å². The highest BCUT2D eigenvalue weighted by molar-refractivity contribution is 6.19. The molecule has 0 saturated carbocycles. The molecule has 0 aliphatic carbocycles. The zero-order valence-electron chi connectivity index (χ0n) is 15.7. The van der Waals surface area contributed by atoms with Crippen molar-refractivity contribution in [3.05, 3.63) is 71.8 Å². The Labute approximate surface area is 169 Å². The van der Waals surface area contributed by atoms with Gasteiger partial charge in [0.25, 0.3) is 5.91 Å². The number of carbonyl (C=O) groups excluding carboxylic acids is 1. The van der Waals surface area contributed by atoms with Gasteiger partial charge in [-0.3, -0.25) is 4.79 Å². The minimum atomic E-state index is -0.0561. The Kier molecular flexibility index (Phi) is 5.07. The predicted molar refractivity (Wildman–Crippen MR) is 114 cm³/mol. The normalized spacial score (nSPS) is 16.0. The maximum absolute atomic E-state index is 13.0. The van der Waals surface area contributed by atoms with Gasteiger partial charge in [-0.15, -0.1) is 11.6 Å². The van der Waals surface area contributed by atoms with Gasteiger partial charge in [-0.2, -0.15) is 0 Å². The van der Waals surface area contributed by atoms with Gasteiger partial charge in [0, 0.05) is 35.9 Å². The fourth-order valence-electron chi connectivity index (χ4n) is 3.83. The van der Waals surface area contributed by atoms with Crippen LogP contribution in [0.3, 0.4) is 0 Å². The van der Waals surface area contributed by atoms with Gasteiger partial charge in [0.2, 0.25) is 0 Å². The fourth-order valence-corrected chi connectivity index (χ4v) is 4.08. The highest BCUT2D eigenvalue weighted by atomic mass is 35.5. The molecule has 3 aromatic rings. The van der Waals surface area contributed by atoms with Crippen LogP contribution in [0.5, 0.6) is 5.75 Å². The Morgan fingerprint density at radius 1 is 1.21 bits per heavy atom. The fraction of sp³-hybridized carbons (Fsp3) is 0.174. The number of anilines is 1. The Bertz CT molecular complexity index is 1060. The second kappa shape index (κ2) is 7.66. The van der Waals surface area contributed by atoms with E-state index in [4.69, 9.17) is 16.3 Å². The summed E-state index contributed by atoms with van der Waals surface area (Å²) in [6.07, 6.45) is 3.43. The van der Waals surface area contributed by atoms with Gasteiger partial charge in [0.05, 0.1) is 12.8 Å². The number of alkyl halides is 1. The van der Waals surface area contributed by atoms with E-state index in [0.29, 0.717) is 12.4 Å². The lowest BCUT2D eigenvalue weighted by Crippen LogP contribution is -2.40.